The zero-order chi connectivity index (χ0) is 21.4. The first-order valence-electron chi connectivity index (χ1n) is 11.6. The molecule has 5 nitrogen and oxygen atoms in total. The van der Waals surface area contributed by atoms with E-state index in [0.29, 0.717) is 17.4 Å². The maximum atomic E-state index is 12.1. The van der Waals surface area contributed by atoms with Crippen molar-refractivity contribution in [3.05, 3.63) is 29.3 Å². The van der Waals surface area contributed by atoms with E-state index < -0.39 is 0 Å². The van der Waals surface area contributed by atoms with E-state index in [1.807, 2.05) is 18.2 Å². The summed E-state index contributed by atoms with van der Waals surface area (Å²) in [5, 5.41) is 3.60. The van der Waals surface area contributed by atoms with Gasteiger partial charge in [-0.25, -0.2) is 4.79 Å². The van der Waals surface area contributed by atoms with E-state index in [2.05, 4.69) is 26.1 Å². The van der Waals surface area contributed by atoms with Gasteiger partial charge < -0.3 is 19.5 Å². The van der Waals surface area contributed by atoms with Crippen LogP contribution in [0.1, 0.15) is 81.3 Å². The fourth-order valence-corrected chi connectivity index (χ4v) is 5.71. The molecule has 4 rings (SSSR count). The number of nitrogens with one attached hydrogen (secondary N) is 1. The Hall–Kier alpha value is -1.59. The van der Waals surface area contributed by atoms with Crippen LogP contribution in [0.2, 0.25) is 0 Å². The molecule has 0 aromatic heterocycles. The van der Waals surface area contributed by atoms with Gasteiger partial charge in [-0.05, 0) is 63.6 Å². The summed E-state index contributed by atoms with van der Waals surface area (Å²) < 4.78 is 18.3. The van der Waals surface area contributed by atoms with Crippen LogP contribution in [0, 0.1) is 17.3 Å². The SMILES string of the molecule is COC(=O)c1ccc2c(c1)O[C@](C)(CCCC(C)C)[C@@H]1CC3(CCCNC3)CO[C@@H]21. The van der Waals surface area contributed by atoms with Crippen molar-refractivity contribution < 1.29 is 19.0 Å². The first-order valence-corrected chi connectivity index (χ1v) is 11.6. The highest BCUT2D eigenvalue weighted by atomic mass is 16.5. The van der Waals surface area contributed by atoms with Crippen LogP contribution in [0.4, 0.5) is 0 Å². The molecule has 2 saturated heterocycles. The second-order valence-electron chi connectivity index (χ2n) is 10.3. The molecule has 0 bridgehead atoms. The predicted octanol–water partition coefficient (Wildman–Crippen LogP) is 4.90. The van der Waals surface area contributed by atoms with E-state index >= 15 is 0 Å². The van der Waals surface area contributed by atoms with Gasteiger partial charge in [-0.15, -0.1) is 0 Å². The van der Waals surface area contributed by atoms with Crippen LogP contribution in [-0.4, -0.2) is 38.4 Å². The van der Waals surface area contributed by atoms with Crippen LogP contribution in [0.25, 0.3) is 0 Å². The van der Waals surface area contributed by atoms with Gasteiger partial charge in [0.15, 0.2) is 0 Å². The average Bonchev–Trinajstić information content (AvgIpc) is 2.73. The van der Waals surface area contributed by atoms with Gasteiger partial charge in [0.2, 0.25) is 0 Å². The van der Waals surface area contributed by atoms with E-state index in [1.165, 1.54) is 26.4 Å². The van der Waals surface area contributed by atoms with Crippen LogP contribution >= 0.6 is 0 Å². The van der Waals surface area contributed by atoms with Crippen LogP contribution in [0.3, 0.4) is 0 Å². The molecule has 3 aliphatic rings. The van der Waals surface area contributed by atoms with Crippen LogP contribution < -0.4 is 10.1 Å². The lowest BCUT2D eigenvalue weighted by molar-refractivity contribution is -0.174. The van der Waals surface area contributed by atoms with E-state index in [4.69, 9.17) is 14.2 Å². The quantitative estimate of drug-likeness (QED) is 0.694. The Labute approximate surface area is 180 Å². The molecule has 5 heteroatoms. The topological polar surface area (TPSA) is 56.8 Å². The lowest BCUT2D eigenvalue weighted by atomic mass is 9.64. The van der Waals surface area contributed by atoms with Crippen molar-refractivity contribution in [2.45, 2.75) is 71.0 Å². The van der Waals surface area contributed by atoms with Crippen LogP contribution in [0.15, 0.2) is 18.2 Å². The number of carbonyl (C=O) groups is 1. The molecule has 1 unspecified atom stereocenters. The average molecular weight is 416 g/mol. The molecular weight excluding hydrogens is 378 g/mol. The molecule has 1 N–H and O–H groups in total. The van der Waals surface area contributed by atoms with Gasteiger partial charge in [-0.1, -0.05) is 26.3 Å². The molecule has 3 aliphatic heterocycles. The molecule has 0 amide bonds. The molecule has 1 aromatic carbocycles. The lowest BCUT2D eigenvalue weighted by Gasteiger charge is -2.54. The number of hydrogen-bond donors (Lipinski definition) is 1. The molecule has 1 spiro atoms. The van der Waals surface area contributed by atoms with Crippen LogP contribution in [-0.2, 0) is 9.47 Å². The molecule has 3 heterocycles. The number of esters is 1. The van der Waals surface area contributed by atoms with Gasteiger partial charge in [-0.2, -0.15) is 0 Å². The van der Waals surface area contributed by atoms with Gasteiger partial charge >= 0.3 is 5.97 Å². The van der Waals surface area contributed by atoms with Crippen molar-refractivity contribution >= 4 is 5.97 Å². The second kappa shape index (κ2) is 8.51. The van der Waals surface area contributed by atoms with E-state index in [9.17, 15) is 4.79 Å². The first kappa shape index (κ1) is 21.6. The molecule has 2 fully saturated rings. The number of hydrogen-bond acceptors (Lipinski definition) is 5. The van der Waals surface area contributed by atoms with E-state index in [-0.39, 0.29) is 23.1 Å². The fourth-order valence-electron chi connectivity index (χ4n) is 5.71. The Morgan fingerprint density at radius 2 is 2.20 bits per heavy atom. The number of methoxy groups -OCH3 is 1. The Morgan fingerprint density at radius 1 is 1.37 bits per heavy atom. The van der Waals surface area contributed by atoms with E-state index in [0.717, 1.165) is 50.3 Å². The molecule has 0 saturated carbocycles. The van der Waals surface area contributed by atoms with Crippen molar-refractivity contribution in [1.29, 1.82) is 0 Å². The number of ether oxygens (including phenoxy) is 3. The summed E-state index contributed by atoms with van der Waals surface area (Å²) in [6.45, 7) is 9.75. The zero-order valence-corrected chi connectivity index (χ0v) is 19.0. The van der Waals surface area contributed by atoms with Crippen LogP contribution in [0.5, 0.6) is 5.75 Å². The molecule has 166 valence electrons. The normalized spacial score (nSPS) is 33.0. The minimum Gasteiger partial charge on any atom is -0.487 e. The molecule has 0 aliphatic carbocycles. The predicted molar refractivity (Wildman–Crippen MR) is 117 cm³/mol. The highest BCUT2D eigenvalue weighted by Crippen LogP contribution is 2.55. The van der Waals surface area contributed by atoms with Gasteiger partial charge in [-0.3, -0.25) is 0 Å². The Balaban J connectivity index is 1.66. The zero-order valence-electron chi connectivity index (χ0n) is 19.0. The first-order chi connectivity index (χ1) is 14.4. The van der Waals surface area contributed by atoms with Crippen molar-refractivity contribution in [3.8, 4) is 5.75 Å². The summed E-state index contributed by atoms with van der Waals surface area (Å²) in [7, 11) is 1.41. The second-order valence-corrected chi connectivity index (χ2v) is 10.3. The molecule has 1 aromatic rings. The molecule has 0 radical (unpaired) electrons. The largest absolute Gasteiger partial charge is 0.487 e. The van der Waals surface area contributed by atoms with Crippen molar-refractivity contribution in [3.63, 3.8) is 0 Å². The monoisotopic (exact) mass is 415 g/mol. The lowest BCUT2D eigenvalue weighted by Crippen LogP contribution is -2.56. The van der Waals surface area contributed by atoms with E-state index in [1.54, 1.807) is 0 Å². The van der Waals surface area contributed by atoms with Gasteiger partial charge in [0.1, 0.15) is 11.4 Å². The number of rotatable bonds is 5. The highest BCUT2D eigenvalue weighted by Gasteiger charge is 2.53. The van der Waals surface area contributed by atoms with Crippen molar-refractivity contribution in [2.24, 2.45) is 17.3 Å². The summed E-state index contributed by atoms with van der Waals surface area (Å²) in [5.41, 5.74) is 1.52. The maximum Gasteiger partial charge on any atom is 0.337 e. The summed E-state index contributed by atoms with van der Waals surface area (Å²) in [4.78, 5) is 12.1. The van der Waals surface area contributed by atoms with Gasteiger partial charge in [0.05, 0.1) is 25.4 Å². The number of carbonyl (C=O) groups excluding carboxylic acids is 1. The highest BCUT2D eigenvalue weighted by molar-refractivity contribution is 5.90. The third kappa shape index (κ3) is 4.11. The van der Waals surface area contributed by atoms with Gasteiger partial charge in [0, 0.05) is 23.4 Å². The number of fused-ring (bicyclic) bond motifs is 3. The summed E-state index contributed by atoms with van der Waals surface area (Å²) in [5.74, 6) is 1.45. The fraction of sp³-hybridized carbons (Fsp3) is 0.720. The smallest absolute Gasteiger partial charge is 0.337 e. The Bertz CT molecular complexity index is 770. The Morgan fingerprint density at radius 3 is 2.90 bits per heavy atom. The van der Waals surface area contributed by atoms with Gasteiger partial charge in [0.25, 0.3) is 0 Å². The Kier molecular flexibility index (Phi) is 6.13. The molecule has 30 heavy (non-hydrogen) atoms. The standard InChI is InChI=1S/C25H37NO4/c1-17(2)7-5-10-24(3)20-14-25(11-6-12-26-15-25)16-29-22(20)19-9-8-18(23(27)28-4)13-21(19)30-24/h8-9,13,17,20,22,26H,5-7,10-12,14-16H2,1-4H3/t20-,22+,24-,25?/m1/s1. The maximum absolute atomic E-state index is 12.1. The summed E-state index contributed by atoms with van der Waals surface area (Å²) in [6.07, 6.45) is 6.91. The minimum absolute atomic E-state index is 0.0250. The summed E-state index contributed by atoms with van der Waals surface area (Å²) in [6, 6.07) is 5.68. The number of piperidine rings is 1. The third-order valence-electron chi connectivity index (χ3n) is 7.47. The van der Waals surface area contributed by atoms with Crippen molar-refractivity contribution in [1.82, 2.24) is 5.32 Å². The van der Waals surface area contributed by atoms with Crippen molar-refractivity contribution in [2.75, 3.05) is 26.8 Å². The summed E-state index contributed by atoms with van der Waals surface area (Å²) >= 11 is 0. The third-order valence-corrected chi connectivity index (χ3v) is 7.47. The number of benzene rings is 1. The molecule has 4 atom stereocenters. The molecular formula is C25H37NO4. The minimum atomic E-state index is -0.332.